The monoisotopic (exact) mass is 153 g/mol. The summed E-state index contributed by atoms with van der Waals surface area (Å²) in [5, 5.41) is 12.1. The molecule has 0 aliphatic carbocycles. The first-order chi connectivity index (χ1) is 5.18. The average Bonchev–Trinajstić information content (AvgIpc) is 1.93. The molecule has 2 N–H and O–H groups in total. The molecule has 0 amide bonds. The van der Waals surface area contributed by atoms with Gasteiger partial charge in [0, 0.05) is 28.6 Å². The molecule has 0 bridgehead atoms. The van der Waals surface area contributed by atoms with Crippen LogP contribution in [0.4, 0.5) is 5.69 Å². The van der Waals surface area contributed by atoms with Gasteiger partial charge in [0.1, 0.15) is 0 Å². The molecule has 0 atom stereocenters. The van der Waals surface area contributed by atoms with E-state index < -0.39 is 0 Å². The normalized spacial score (nSPS) is 10.1. The molecule has 1 heterocycles. The van der Waals surface area contributed by atoms with Gasteiger partial charge in [-0.1, -0.05) is 0 Å². The molecule has 0 unspecified atom stereocenters. The third-order valence-corrected chi connectivity index (χ3v) is 1.27. The van der Waals surface area contributed by atoms with Crippen LogP contribution in [-0.2, 0) is 0 Å². The van der Waals surface area contributed by atoms with Gasteiger partial charge >= 0.3 is 0 Å². The number of nitrogens with zero attached hydrogens (tertiary/aromatic N) is 1. The Kier molecular flexibility index (Phi) is 2.31. The van der Waals surface area contributed by atoms with Crippen molar-refractivity contribution in [3.05, 3.63) is 24.5 Å². The van der Waals surface area contributed by atoms with E-state index in [-0.39, 0.29) is 0 Å². The predicted octanol–water partition coefficient (Wildman–Crippen LogP) is 1.03. The third-order valence-electron chi connectivity index (χ3n) is 1.27. The lowest BCUT2D eigenvalue weighted by molar-refractivity contribution is -0.904. The van der Waals surface area contributed by atoms with Crippen LogP contribution in [0.3, 0.4) is 0 Å². The molecule has 0 aromatic carbocycles. The number of hydrogen-bond acceptors (Lipinski definition) is 2. The molecular weight excluding hydrogens is 140 g/mol. The van der Waals surface area contributed by atoms with Crippen molar-refractivity contribution in [1.29, 1.82) is 0 Å². The van der Waals surface area contributed by atoms with E-state index in [9.17, 15) is 0 Å². The SMILES string of the molecule is CC(C)Nc1cc[n+](O)cc1. The Morgan fingerprint density at radius 3 is 2.36 bits per heavy atom. The van der Waals surface area contributed by atoms with E-state index >= 15 is 0 Å². The van der Waals surface area contributed by atoms with Gasteiger partial charge in [0.15, 0.2) is 0 Å². The van der Waals surface area contributed by atoms with Crippen LogP contribution in [0.2, 0.25) is 0 Å². The van der Waals surface area contributed by atoms with Crippen molar-refractivity contribution in [1.82, 2.24) is 0 Å². The van der Waals surface area contributed by atoms with Crippen LogP contribution < -0.4 is 10.0 Å². The Bertz CT molecular complexity index is 218. The van der Waals surface area contributed by atoms with Crippen molar-refractivity contribution >= 4 is 5.69 Å². The molecule has 0 saturated heterocycles. The third kappa shape index (κ3) is 2.45. The first-order valence-corrected chi connectivity index (χ1v) is 3.65. The number of hydrogen-bond donors (Lipinski definition) is 2. The summed E-state index contributed by atoms with van der Waals surface area (Å²) < 4.78 is 1.02. The van der Waals surface area contributed by atoms with Crippen molar-refractivity contribution < 1.29 is 9.94 Å². The highest BCUT2D eigenvalue weighted by Gasteiger charge is 1.97. The van der Waals surface area contributed by atoms with E-state index in [0.717, 1.165) is 10.4 Å². The van der Waals surface area contributed by atoms with Crippen LogP contribution in [0.25, 0.3) is 0 Å². The second kappa shape index (κ2) is 3.23. The first kappa shape index (κ1) is 7.85. The maximum Gasteiger partial charge on any atom is 0.224 e. The van der Waals surface area contributed by atoms with Gasteiger partial charge in [-0.2, -0.15) is 0 Å². The quantitative estimate of drug-likeness (QED) is 0.492. The summed E-state index contributed by atoms with van der Waals surface area (Å²) in [6.07, 6.45) is 3.18. The maximum absolute atomic E-state index is 8.88. The van der Waals surface area contributed by atoms with Crippen LogP contribution in [0.5, 0.6) is 0 Å². The number of aromatic nitrogens is 1. The first-order valence-electron chi connectivity index (χ1n) is 3.65. The predicted molar refractivity (Wildman–Crippen MR) is 42.6 cm³/mol. The van der Waals surface area contributed by atoms with E-state index in [4.69, 9.17) is 5.21 Å². The fraction of sp³-hybridized carbons (Fsp3) is 0.375. The van der Waals surface area contributed by atoms with Gasteiger partial charge < -0.3 is 5.32 Å². The highest BCUT2D eigenvalue weighted by molar-refractivity contribution is 5.40. The number of nitrogens with one attached hydrogen (secondary N) is 1. The van der Waals surface area contributed by atoms with Crippen molar-refractivity contribution in [2.45, 2.75) is 19.9 Å². The summed E-state index contributed by atoms with van der Waals surface area (Å²) in [4.78, 5) is 0. The van der Waals surface area contributed by atoms with Gasteiger partial charge in [-0.3, -0.25) is 5.21 Å². The molecule has 0 saturated carbocycles. The van der Waals surface area contributed by atoms with E-state index in [1.165, 1.54) is 0 Å². The number of rotatable bonds is 2. The minimum Gasteiger partial charge on any atom is -0.383 e. The summed E-state index contributed by atoms with van der Waals surface area (Å²) in [6.45, 7) is 4.14. The topological polar surface area (TPSA) is 36.1 Å². The lowest BCUT2D eigenvalue weighted by atomic mass is 10.3. The zero-order valence-electron chi connectivity index (χ0n) is 6.78. The van der Waals surface area contributed by atoms with Gasteiger partial charge in [-0.05, 0) is 13.8 Å². The Labute approximate surface area is 66.3 Å². The molecule has 0 spiro atoms. The number of anilines is 1. The lowest BCUT2D eigenvalue weighted by Gasteiger charge is -2.07. The zero-order valence-corrected chi connectivity index (χ0v) is 6.78. The smallest absolute Gasteiger partial charge is 0.224 e. The summed E-state index contributed by atoms with van der Waals surface area (Å²) in [6, 6.07) is 4.06. The maximum atomic E-state index is 8.88. The molecule has 0 aliphatic rings. The van der Waals surface area contributed by atoms with Gasteiger partial charge in [0.05, 0.1) is 0 Å². The zero-order chi connectivity index (χ0) is 8.27. The Morgan fingerprint density at radius 1 is 1.36 bits per heavy atom. The molecule has 0 fully saturated rings. The second-order valence-corrected chi connectivity index (χ2v) is 2.77. The van der Waals surface area contributed by atoms with E-state index in [1.807, 2.05) is 12.1 Å². The van der Waals surface area contributed by atoms with Crippen molar-refractivity contribution in [3.63, 3.8) is 0 Å². The fourth-order valence-electron chi connectivity index (χ4n) is 0.848. The van der Waals surface area contributed by atoms with E-state index in [1.54, 1.807) is 12.4 Å². The largest absolute Gasteiger partial charge is 0.383 e. The van der Waals surface area contributed by atoms with Crippen molar-refractivity contribution in [2.24, 2.45) is 0 Å². The highest BCUT2D eigenvalue weighted by atomic mass is 16.5. The molecule has 1 aromatic heterocycles. The molecule has 1 aromatic rings. The standard InChI is InChI=1S/C8H12N2O/c1-7(2)9-8-3-5-10(11)6-4-8/h3-7,11H,1-2H3/p+1. The molecule has 0 radical (unpaired) electrons. The summed E-state index contributed by atoms with van der Waals surface area (Å²) in [7, 11) is 0. The van der Waals surface area contributed by atoms with Crippen LogP contribution in [-0.4, -0.2) is 11.2 Å². The van der Waals surface area contributed by atoms with Crippen LogP contribution in [0.1, 0.15) is 13.8 Å². The van der Waals surface area contributed by atoms with Gasteiger partial charge in [-0.15, -0.1) is 0 Å². The number of pyridine rings is 1. The van der Waals surface area contributed by atoms with E-state index in [0.29, 0.717) is 6.04 Å². The fourth-order valence-corrected chi connectivity index (χ4v) is 0.848. The van der Waals surface area contributed by atoms with Gasteiger partial charge in [0.25, 0.3) is 0 Å². The molecule has 1 rings (SSSR count). The van der Waals surface area contributed by atoms with Crippen molar-refractivity contribution in [2.75, 3.05) is 5.32 Å². The molecule has 60 valence electrons. The van der Waals surface area contributed by atoms with Crippen LogP contribution >= 0.6 is 0 Å². The van der Waals surface area contributed by atoms with Crippen molar-refractivity contribution in [3.8, 4) is 0 Å². The molecular formula is C8H13N2O+. The van der Waals surface area contributed by atoms with Gasteiger partial charge in [-0.25, -0.2) is 0 Å². The average molecular weight is 153 g/mol. The van der Waals surface area contributed by atoms with Crippen LogP contribution in [0.15, 0.2) is 24.5 Å². The second-order valence-electron chi connectivity index (χ2n) is 2.77. The Hall–Kier alpha value is -1.25. The highest BCUT2D eigenvalue weighted by Crippen LogP contribution is 2.03. The lowest BCUT2D eigenvalue weighted by Crippen LogP contribution is -2.28. The minimum absolute atomic E-state index is 0.421. The van der Waals surface area contributed by atoms with Gasteiger partial charge in [0.2, 0.25) is 12.4 Å². The Morgan fingerprint density at radius 2 is 1.91 bits per heavy atom. The van der Waals surface area contributed by atoms with Crippen LogP contribution in [0, 0.1) is 0 Å². The summed E-state index contributed by atoms with van der Waals surface area (Å²) in [5.41, 5.74) is 1.02. The molecule has 0 aliphatic heterocycles. The summed E-state index contributed by atoms with van der Waals surface area (Å²) >= 11 is 0. The summed E-state index contributed by atoms with van der Waals surface area (Å²) in [5.74, 6) is 0. The minimum atomic E-state index is 0.421. The molecule has 3 nitrogen and oxygen atoms in total. The van der Waals surface area contributed by atoms with E-state index in [2.05, 4.69) is 19.2 Å². The molecule has 3 heteroatoms. The Balaban J connectivity index is 2.66. The molecule has 11 heavy (non-hydrogen) atoms.